The second-order valence-electron chi connectivity index (χ2n) is 4.95. The minimum atomic E-state index is 0.365. The Balaban J connectivity index is 2.17. The van der Waals surface area contributed by atoms with Gasteiger partial charge in [0.15, 0.2) is 0 Å². The van der Waals surface area contributed by atoms with E-state index in [2.05, 4.69) is 33.0 Å². The van der Waals surface area contributed by atoms with E-state index in [1.807, 2.05) is 0 Å². The van der Waals surface area contributed by atoms with Crippen LogP contribution in [-0.4, -0.2) is 38.0 Å². The Kier molecular flexibility index (Phi) is 6.32. The zero-order chi connectivity index (χ0) is 12.0. The van der Waals surface area contributed by atoms with Crippen molar-refractivity contribution < 1.29 is 9.47 Å². The van der Waals surface area contributed by atoms with Gasteiger partial charge in [0.1, 0.15) is 0 Å². The number of hydrogen-bond donors (Lipinski definition) is 1. The van der Waals surface area contributed by atoms with Crippen molar-refractivity contribution in [2.24, 2.45) is 5.92 Å². The maximum absolute atomic E-state index is 5.72. The Morgan fingerprint density at radius 1 is 1.44 bits per heavy atom. The Morgan fingerprint density at radius 2 is 2.19 bits per heavy atom. The molecule has 96 valence electrons. The molecule has 0 aromatic rings. The lowest BCUT2D eigenvalue weighted by molar-refractivity contribution is 0.0240. The van der Waals surface area contributed by atoms with Gasteiger partial charge in [-0.3, -0.25) is 0 Å². The van der Waals surface area contributed by atoms with Gasteiger partial charge in [-0.2, -0.15) is 0 Å². The summed E-state index contributed by atoms with van der Waals surface area (Å²) in [5.41, 5.74) is 0. The van der Waals surface area contributed by atoms with E-state index in [0.29, 0.717) is 24.2 Å². The summed E-state index contributed by atoms with van der Waals surface area (Å²) in [5.74, 6) is 0.596. The Hall–Kier alpha value is -0.120. The Morgan fingerprint density at radius 3 is 2.69 bits per heavy atom. The first-order chi connectivity index (χ1) is 7.65. The smallest absolute Gasteiger partial charge is 0.0700 e. The lowest BCUT2D eigenvalue weighted by atomic mass is 10.0. The predicted octanol–water partition coefficient (Wildman–Crippen LogP) is 2.20. The van der Waals surface area contributed by atoms with Crippen LogP contribution >= 0.6 is 0 Å². The molecule has 1 fully saturated rings. The van der Waals surface area contributed by atoms with Crippen LogP contribution in [0.1, 0.15) is 40.5 Å². The van der Waals surface area contributed by atoms with Gasteiger partial charge in [-0.25, -0.2) is 0 Å². The molecular weight excluding hydrogens is 202 g/mol. The highest BCUT2D eigenvalue weighted by molar-refractivity contribution is 4.79. The van der Waals surface area contributed by atoms with E-state index in [9.17, 15) is 0 Å². The average molecular weight is 229 g/mol. The molecule has 1 heterocycles. The lowest BCUT2D eigenvalue weighted by Crippen LogP contribution is -2.37. The van der Waals surface area contributed by atoms with Crippen molar-refractivity contribution >= 4 is 0 Å². The second-order valence-corrected chi connectivity index (χ2v) is 4.95. The molecule has 0 bridgehead atoms. The normalized spacial score (nSPS) is 27.6. The molecule has 3 unspecified atom stereocenters. The van der Waals surface area contributed by atoms with Gasteiger partial charge in [0.05, 0.1) is 12.2 Å². The van der Waals surface area contributed by atoms with Gasteiger partial charge in [-0.05, 0) is 39.2 Å². The van der Waals surface area contributed by atoms with E-state index < -0.39 is 0 Å². The van der Waals surface area contributed by atoms with Crippen molar-refractivity contribution in [3.05, 3.63) is 0 Å². The van der Waals surface area contributed by atoms with E-state index in [-0.39, 0.29) is 0 Å². The van der Waals surface area contributed by atoms with Gasteiger partial charge in [0.25, 0.3) is 0 Å². The van der Waals surface area contributed by atoms with Gasteiger partial charge in [0.2, 0.25) is 0 Å². The van der Waals surface area contributed by atoms with E-state index in [1.54, 1.807) is 0 Å². The third-order valence-electron chi connectivity index (χ3n) is 3.34. The van der Waals surface area contributed by atoms with E-state index in [4.69, 9.17) is 9.47 Å². The predicted molar refractivity (Wildman–Crippen MR) is 66.7 cm³/mol. The molecule has 0 spiro atoms. The van der Waals surface area contributed by atoms with Crippen LogP contribution in [0, 0.1) is 5.92 Å². The number of ether oxygens (including phenoxy) is 2. The molecule has 16 heavy (non-hydrogen) atoms. The number of rotatable bonds is 7. The minimum absolute atomic E-state index is 0.365. The van der Waals surface area contributed by atoms with Crippen molar-refractivity contribution in [3.8, 4) is 0 Å². The fourth-order valence-electron chi connectivity index (χ4n) is 2.23. The van der Waals surface area contributed by atoms with Crippen molar-refractivity contribution in [2.75, 3.05) is 19.8 Å². The zero-order valence-corrected chi connectivity index (χ0v) is 11.2. The van der Waals surface area contributed by atoms with Gasteiger partial charge in [0, 0.05) is 19.3 Å². The molecule has 1 aliphatic heterocycles. The first-order valence-electron chi connectivity index (χ1n) is 6.61. The topological polar surface area (TPSA) is 30.5 Å². The van der Waals surface area contributed by atoms with Crippen LogP contribution in [0.3, 0.4) is 0 Å². The standard InChI is InChI=1S/C13H27NO2/c1-5-15-13(10(2)3)6-8-14-12-7-9-16-11(12)4/h10-14H,5-9H2,1-4H3. The SMILES string of the molecule is CCOC(CCNC1CCOC1C)C(C)C. The number of nitrogens with one attached hydrogen (secondary N) is 1. The summed E-state index contributed by atoms with van der Waals surface area (Å²) in [7, 11) is 0. The van der Waals surface area contributed by atoms with Crippen molar-refractivity contribution in [2.45, 2.75) is 58.8 Å². The molecule has 0 aliphatic carbocycles. The van der Waals surface area contributed by atoms with Crippen LogP contribution in [0.5, 0.6) is 0 Å². The molecule has 0 aromatic carbocycles. The Labute approximate surface area is 99.9 Å². The summed E-state index contributed by atoms with van der Waals surface area (Å²) in [6.45, 7) is 11.4. The highest BCUT2D eigenvalue weighted by Gasteiger charge is 2.23. The summed E-state index contributed by atoms with van der Waals surface area (Å²) >= 11 is 0. The molecule has 1 N–H and O–H groups in total. The first-order valence-corrected chi connectivity index (χ1v) is 6.61. The summed E-state index contributed by atoms with van der Waals surface area (Å²) < 4.78 is 11.2. The minimum Gasteiger partial charge on any atom is -0.378 e. The molecule has 0 radical (unpaired) electrons. The third-order valence-corrected chi connectivity index (χ3v) is 3.34. The molecular formula is C13H27NO2. The fourth-order valence-corrected chi connectivity index (χ4v) is 2.23. The van der Waals surface area contributed by atoms with E-state index in [0.717, 1.165) is 32.6 Å². The maximum atomic E-state index is 5.72. The van der Waals surface area contributed by atoms with Gasteiger partial charge < -0.3 is 14.8 Å². The Bertz CT molecular complexity index is 185. The van der Waals surface area contributed by atoms with Crippen LogP contribution in [0.15, 0.2) is 0 Å². The van der Waals surface area contributed by atoms with Crippen molar-refractivity contribution in [3.63, 3.8) is 0 Å². The molecule has 0 saturated carbocycles. The highest BCUT2D eigenvalue weighted by Crippen LogP contribution is 2.14. The summed E-state index contributed by atoms with van der Waals surface area (Å²) in [6.07, 6.45) is 2.98. The van der Waals surface area contributed by atoms with Crippen LogP contribution in [0.2, 0.25) is 0 Å². The molecule has 3 atom stereocenters. The average Bonchev–Trinajstić information content (AvgIpc) is 2.63. The quantitative estimate of drug-likeness (QED) is 0.726. The van der Waals surface area contributed by atoms with Crippen molar-refractivity contribution in [1.29, 1.82) is 0 Å². The van der Waals surface area contributed by atoms with Crippen LogP contribution in [0.4, 0.5) is 0 Å². The van der Waals surface area contributed by atoms with Gasteiger partial charge >= 0.3 is 0 Å². The second kappa shape index (κ2) is 7.25. The molecule has 0 aromatic heterocycles. The van der Waals surface area contributed by atoms with Crippen LogP contribution in [0.25, 0.3) is 0 Å². The molecule has 1 rings (SSSR count). The fraction of sp³-hybridized carbons (Fsp3) is 1.00. The summed E-state index contributed by atoms with van der Waals surface area (Å²) in [6, 6.07) is 0.537. The van der Waals surface area contributed by atoms with Gasteiger partial charge in [-0.1, -0.05) is 13.8 Å². The van der Waals surface area contributed by atoms with Crippen LogP contribution in [-0.2, 0) is 9.47 Å². The molecule has 3 nitrogen and oxygen atoms in total. The molecule has 3 heteroatoms. The zero-order valence-electron chi connectivity index (χ0n) is 11.2. The third kappa shape index (κ3) is 4.40. The number of hydrogen-bond acceptors (Lipinski definition) is 3. The molecule has 1 aliphatic rings. The van der Waals surface area contributed by atoms with E-state index in [1.165, 1.54) is 0 Å². The van der Waals surface area contributed by atoms with Crippen LogP contribution < -0.4 is 5.32 Å². The lowest BCUT2D eigenvalue weighted by Gasteiger charge is -2.22. The summed E-state index contributed by atoms with van der Waals surface area (Å²) in [5, 5.41) is 3.57. The van der Waals surface area contributed by atoms with Gasteiger partial charge in [-0.15, -0.1) is 0 Å². The molecule has 1 saturated heterocycles. The molecule has 0 amide bonds. The summed E-state index contributed by atoms with van der Waals surface area (Å²) in [4.78, 5) is 0. The highest BCUT2D eigenvalue weighted by atomic mass is 16.5. The maximum Gasteiger partial charge on any atom is 0.0700 e. The van der Waals surface area contributed by atoms with E-state index >= 15 is 0 Å². The monoisotopic (exact) mass is 229 g/mol. The first kappa shape index (κ1) is 13.9. The largest absolute Gasteiger partial charge is 0.378 e. The van der Waals surface area contributed by atoms with Crippen molar-refractivity contribution in [1.82, 2.24) is 5.32 Å².